The van der Waals surface area contributed by atoms with Crippen LogP contribution in [-0.4, -0.2) is 19.9 Å². The fourth-order valence-corrected chi connectivity index (χ4v) is 2.06. The second kappa shape index (κ2) is 15.0. The molecule has 28 heavy (non-hydrogen) atoms. The van der Waals surface area contributed by atoms with Crippen LogP contribution in [0.3, 0.4) is 0 Å². The first-order valence-electron chi connectivity index (χ1n) is 7.89. The summed E-state index contributed by atoms with van der Waals surface area (Å²) in [6.07, 6.45) is 7.07. The Morgan fingerprint density at radius 2 is 0.679 bits per heavy atom. The van der Waals surface area contributed by atoms with E-state index in [0.29, 0.717) is 0 Å². The summed E-state index contributed by atoms with van der Waals surface area (Å²) < 4.78 is 0. The number of nitrogens with zero attached hydrogens (tertiary/aromatic N) is 4. The average molecular weight is 471 g/mol. The van der Waals surface area contributed by atoms with Crippen molar-refractivity contribution >= 4 is 20.1 Å². The summed E-state index contributed by atoms with van der Waals surface area (Å²) in [5, 5.41) is 0. The van der Waals surface area contributed by atoms with Gasteiger partial charge in [-0.25, -0.2) is 0 Å². The monoisotopic (exact) mass is 469 g/mol. The van der Waals surface area contributed by atoms with E-state index in [0.717, 1.165) is 22.8 Å². The van der Waals surface area contributed by atoms with Gasteiger partial charge in [0.2, 0.25) is 0 Å². The average Bonchev–Trinajstić information content (AvgIpc) is 2.77. The zero-order chi connectivity index (χ0) is 19.2. The number of pyridine rings is 4. The molecule has 8 heteroatoms. The number of halogens is 3. The number of rotatable bonds is 2. The molecule has 143 valence electrons. The minimum Gasteiger partial charge on any atom is -0.255 e. The minimum absolute atomic E-state index is 0. The summed E-state index contributed by atoms with van der Waals surface area (Å²) in [7, 11) is 9.65. The van der Waals surface area contributed by atoms with Crippen LogP contribution in [0.15, 0.2) is 97.6 Å². The molecule has 0 aliphatic heterocycles. The Morgan fingerprint density at radius 3 is 0.821 bits per heavy atom. The van der Waals surface area contributed by atoms with E-state index in [1.807, 2.05) is 72.8 Å². The van der Waals surface area contributed by atoms with Gasteiger partial charge in [0.1, 0.15) is 0 Å². The van der Waals surface area contributed by atoms with E-state index in [2.05, 4.69) is 19.9 Å². The predicted molar refractivity (Wildman–Crippen MR) is 107 cm³/mol. The quantitative estimate of drug-likeness (QED) is 0.452. The molecule has 0 aliphatic carbocycles. The molecule has 4 aromatic rings. The molecule has 0 fully saturated rings. The second-order valence-electron chi connectivity index (χ2n) is 4.92. The van der Waals surface area contributed by atoms with Gasteiger partial charge in [0, 0.05) is 24.8 Å². The number of aromatic nitrogens is 4. The maximum absolute atomic E-state index is 4.83. The first-order valence-corrected chi connectivity index (χ1v) is 11.4. The summed E-state index contributed by atoms with van der Waals surface area (Å²) in [6, 6.07) is 23.2. The smallest absolute Gasteiger partial charge is 0.0886 e. The van der Waals surface area contributed by atoms with Crippen molar-refractivity contribution in [3.8, 4) is 22.8 Å². The first kappa shape index (κ1) is 24.0. The molecule has 0 saturated heterocycles. The van der Waals surface area contributed by atoms with E-state index in [-0.39, 0.29) is 25.8 Å². The van der Waals surface area contributed by atoms with E-state index < -0.39 is 0 Å². The van der Waals surface area contributed by atoms with Crippen molar-refractivity contribution in [3.05, 3.63) is 97.6 Å². The van der Waals surface area contributed by atoms with Crippen molar-refractivity contribution < 1.29 is 25.8 Å². The van der Waals surface area contributed by atoms with Crippen LogP contribution in [0.2, 0.25) is 0 Å². The molecule has 4 nitrogen and oxygen atoms in total. The van der Waals surface area contributed by atoms with Crippen LogP contribution in [0, 0.1) is 0 Å². The molecule has 4 aromatic heterocycles. The van der Waals surface area contributed by atoms with Crippen LogP contribution in [0.5, 0.6) is 0 Å². The zero-order valence-electron chi connectivity index (χ0n) is 14.6. The van der Waals surface area contributed by atoms with Crippen LogP contribution in [0.1, 0.15) is 0 Å². The Bertz CT molecular complexity index is 721. The Kier molecular flexibility index (Phi) is 12.9. The van der Waals surface area contributed by atoms with Crippen molar-refractivity contribution in [3.63, 3.8) is 0 Å². The van der Waals surface area contributed by atoms with Gasteiger partial charge >= 0.3 is 33.5 Å². The molecule has 0 aliphatic rings. The molecule has 0 atom stereocenters. The normalized spacial score (nSPS) is 8.79. The molecule has 0 unspecified atom stereocenters. The fraction of sp³-hybridized carbons (Fsp3) is 0. The van der Waals surface area contributed by atoms with E-state index in [9.17, 15) is 0 Å². The van der Waals surface area contributed by atoms with Crippen LogP contribution in [0.25, 0.3) is 22.8 Å². The topological polar surface area (TPSA) is 51.6 Å². The van der Waals surface area contributed by atoms with E-state index in [1.165, 1.54) is 0 Å². The maximum Gasteiger partial charge on any atom is 0.0886 e. The first-order chi connectivity index (χ1) is 13.3. The molecule has 0 spiro atoms. The Hall–Kier alpha value is -2.00. The van der Waals surface area contributed by atoms with Crippen molar-refractivity contribution in [2.45, 2.75) is 0 Å². The molecule has 0 N–H and O–H groups in total. The molecular weight excluding hydrogens is 455 g/mol. The molecule has 4 heterocycles. The third-order valence-corrected chi connectivity index (χ3v) is 3.18. The van der Waals surface area contributed by atoms with Gasteiger partial charge in [-0.1, -0.05) is 24.3 Å². The van der Waals surface area contributed by atoms with Gasteiger partial charge in [-0.05, 0) is 48.5 Å². The molecule has 0 amide bonds. The van der Waals surface area contributed by atoms with Gasteiger partial charge in [0.15, 0.2) is 0 Å². The van der Waals surface area contributed by atoms with Crippen LogP contribution >= 0.6 is 20.1 Å². The van der Waals surface area contributed by atoms with Gasteiger partial charge < -0.3 is 12.4 Å². The second-order valence-corrected chi connectivity index (χ2v) is 7.02. The molecule has 0 radical (unpaired) electrons. The Morgan fingerprint density at radius 1 is 0.464 bits per heavy atom. The fourth-order valence-electron chi connectivity index (χ4n) is 2.06. The van der Waals surface area contributed by atoms with Crippen molar-refractivity contribution in [1.82, 2.24) is 19.9 Å². The van der Waals surface area contributed by atoms with E-state index in [4.69, 9.17) is 20.1 Å². The largest absolute Gasteiger partial charge is 0.255 e. The zero-order valence-corrected chi connectivity index (χ0v) is 18.1. The van der Waals surface area contributed by atoms with E-state index >= 15 is 0 Å². The maximum atomic E-state index is 4.83. The summed E-state index contributed by atoms with van der Waals surface area (Å²) in [5.74, 6) is 0. The predicted octanol–water partition coefficient (Wildman–Crippen LogP) is 2.67. The van der Waals surface area contributed by atoms with Crippen LogP contribution in [0.4, 0.5) is 0 Å². The molecule has 4 rings (SSSR count). The van der Waals surface area contributed by atoms with E-state index in [1.54, 1.807) is 24.8 Å². The van der Waals surface area contributed by atoms with Gasteiger partial charge in [-0.3, -0.25) is 19.9 Å². The Balaban J connectivity index is 0.000000239. The number of hydrogen-bond acceptors (Lipinski definition) is 4. The molecule has 0 saturated carbocycles. The molecule has 0 bridgehead atoms. The van der Waals surface area contributed by atoms with Gasteiger partial charge in [-0.15, -0.1) is 0 Å². The number of hydrogen-bond donors (Lipinski definition) is 0. The van der Waals surface area contributed by atoms with Gasteiger partial charge in [0.05, 0.1) is 22.8 Å². The summed E-state index contributed by atoms with van der Waals surface area (Å²) in [6.45, 7) is 0. The summed E-state index contributed by atoms with van der Waals surface area (Å²) in [4.78, 5) is 16.7. The summed E-state index contributed by atoms with van der Waals surface area (Å²) in [5.41, 5.74) is 3.66. The van der Waals surface area contributed by atoms with Gasteiger partial charge in [-0.2, -0.15) is 0 Å². The third kappa shape index (κ3) is 8.79. The Labute approximate surface area is 185 Å². The van der Waals surface area contributed by atoms with Crippen LogP contribution in [-0.2, 0) is 13.4 Å². The van der Waals surface area contributed by atoms with Gasteiger partial charge in [0.25, 0.3) is 0 Å². The standard InChI is InChI=1S/2C10H8N2.3ClH.Cr/c2*1-3-7-11-9(5-1)10-6-2-4-8-12-10;;;;/h2*1-8H;3*1H;/q;;;;;+3/p-3. The molecule has 0 aromatic carbocycles. The van der Waals surface area contributed by atoms with Crippen molar-refractivity contribution in [1.29, 1.82) is 0 Å². The van der Waals surface area contributed by atoms with Crippen molar-refractivity contribution in [2.75, 3.05) is 0 Å². The SMILES string of the molecule is [Cl-].[Cl][Cr+][Cl].c1ccc(-c2ccccn2)nc1.c1ccc(-c2ccccn2)nc1. The minimum atomic E-state index is -0.181. The molecular formula is C20H16Cl3CrN4. The van der Waals surface area contributed by atoms with Crippen LogP contribution < -0.4 is 12.4 Å². The summed E-state index contributed by atoms with van der Waals surface area (Å²) >= 11 is -0.181. The third-order valence-electron chi connectivity index (χ3n) is 3.18. The van der Waals surface area contributed by atoms with Crippen molar-refractivity contribution in [2.24, 2.45) is 0 Å².